The number of hydrogen-bond acceptors (Lipinski definition) is 4. The van der Waals surface area contributed by atoms with Gasteiger partial charge in [0.05, 0.1) is 22.3 Å². The third-order valence-electron chi connectivity index (χ3n) is 2.39. The first-order valence-corrected chi connectivity index (χ1v) is 7.34. The van der Waals surface area contributed by atoms with Gasteiger partial charge in [-0.2, -0.15) is 0 Å². The van der Waals surface area contributed by atoms with Crippen LogP contribution in [0.5, 0.6) is 0 Å². The fourth-order valence-electron chi connectivity index (χ4n) is 1.53. The van der Waals surface area contributed by atoms with Crippen LogP contribution in [0.2, 0.25) is 10.0 Å². The Morgan fingerprint density at radius 1 is 1.35 bits per heavy atom. The highest BCUT2D eigenvalue weighted by Crippen LogP contribution is 2.32. The van der Waals surface area contributed by atoms with Crippen LogP contribution in [0.3, 0.4) is 0 Å². The van der Waals surface area contributed by atoms with Crippen molar-refractivity contribution in [2.24, 2.45) is 0 Å². The lowest BCUT2D eigenvalue weighted by Crippen LogP contribution is -2.18. The summed E-state index contributed by atoms with van der Waals surface area (Å²) in [5.41, 5.74) is 6.37. The number of thiophene rings is 1. The second-order valence-electron chi connectivity index (χ2n) is 3.98. The zero-order valence-corrected chi connectivity index (χ0v) is 12.7. The van der Waals surface area contributed by atoms with Crippen molar-refractivity contribution in [1.29, 1.82) is 0 Å². The second kappa shape index (κ2) is 6.95. The maximum atomic E-state index is 11.7. The Hall–Kier alpha value is -1.27. The van der Waals surface area contributed by atoms with Gasteiger partial charge < -0.3 is 15.8 Å². The van der Waals surface area contributed by atoms with E-state index in [4.69, 9.17) is 33.7 Å². The molecular formula is C13H12Cl2N2O2S. The van der Waals surface area contributed by atoms with Gasteiger partial charge in [-0.1, -0.05) is 29.3 Å². The minimum atomic E-state index is -0.324. The van der Waals surface area contributed by atoms with E-state index in [0.29, 0.717) is 28.0 Å². The van der Waals surface area contributed by atoms with Crippen LogP contribution in [0.15, 0.2) is 29.6 Å². The summed E-state index contributed by atoms with van der Waals surface area (Å²) in [6, 6.07) is 6.92. The Labute approximate surface area is 130 Å². The molecular weight excluding hydrogens is 319 g/mol. The van der Waals surface area contributed by atoms with E-state index in [1.165, 1.54) is 12.1 Å². The largest absolute Gasteiger partial charge is 0.399 e. The average Bonchev–Trinajstić information content (AvgIpc) is 2.87. The summed E-state index contributed by atoms with van der Waals surface area (Å²) in [6.45, 7) is 0.323. The molecule has 20 heavy (non-hydrogen) atoms. The molecule has 0 atom stereocenters. The third kappa shape index (κ3) is 4.11. The molecule has 1 heterocycles. The van der Waals surface area contributed by atoms with Gasteiger partial charge in [0.25, 0.3) is 0 Å². The summed E-state index contributed by atoms with van der Waals surface area (Å²) in [5.74, 6) is -0.324. The van der Waals surface area contributed by atoms with Crippen LogP contribution in [-0.2, 0) is 16.1 Å². The molecule has 0 bridgehead atoms. The lowest BCUT2D eigenvalue weighted by molar-refractivity contribution is -0.120. The van der Waals surface area contributed by atoms with Gasteiger partial charge in [0.2, 0.25) is 5.91 Å². The predicted octanol–water partition coefficient (Wildman–Crippen LogP) is 3.79. The molecule has 2 aromatic rings. The van der Waals surface area contributed by atoms with Gasteiger partial charge in [0, 0.05) is 10.6 Å². The topological polar surface area (TPSA) is 64.3 Å². The Kier molecular flexibility index (Phi) is 5.25. The normalized spacial score (nSPS) is 10.5. The lowest BCUT2D eigenvalue weighted by atomic mass is 10.3. The minimum absolute atomic E-state index is 0.0745. The second-order valence-corrected chi connectivity index (χ2v) is 5.83. The van der Waals surface area contributed by atoms with Crippen LogP contribution in [0, 0.1) is 0 Å². The van der Waals surface area contributed by atoms with Gasteiger partial charge in [-0.3, -0.25) is 4.79 Å². The van der Waals surface area contributed by atoms with E-state index in [1.54, 1.807) is 11.3 Å². The molecule has 0 spiro atoms. The minimum Gasteiger partial charge on any atom is -0.399 e. The van der Waals surface area contributed by atoms with Crippen LogP contribution < -0.4 is 11.1 Å². The number of nitrogens with one attached hydrogen (secondary N) is 1. The number of hydrogen-bond donors (Lipinski definition) is 2. The van der Waals surface area contributed by atoms with Gasteiger partial charge in [0.1, 0.15) is 6.61 Å². The zero-order chi connectivity index (χ0) is 14.5. The van der Waals surface area contributed by atoms with Crippen LogP contribution >= 0.6 is 34.5 Å². The summed E-state index contributed by atoms with van der Waals surface area (Å²) in [4.78, 5) is 12.8. The standard InChI is InChI=1S/C13H12Cl2N2O2S/c14-10-4-8(16)5-11(15)13(10)17-12(18)7-19-6-9-2-1-3-20-9/h1-5H,6-7,16H2,(H,17,18). The fourth-order valence-corrected chi connectivity index (χ4v) is 2.77. The maximum Gasteiger partial charge on any atom is 0.250 e. The van der Waals surface area contributed by atoms with E-state index in [2.05, 4.69) is 5.32 Å². The monoisotopic (exact) mass is 330 g/mol. The summed E-state index contributed by atoms with van der Waals surface area (Å²) >= 11 is 13.5. The Morgan fingerprint density at radius 3 is 2.65 bits per heavy atom. The molecule has 1 aromatic carbocycles. The number of nitrogens with two attached hydrogens (primary N) is 1. The maximum absolute atomic E-state index is 11.7. The van der Waals surface area contributed by atoms with E-state index in [9.17, 15) is 4.79 Å². The van der Waals surface area contributed by atoms with Crippen molar-refractivity contribution in [3.8, 4) is 0 Å². The van der Waals surface area contributed by atoms with Crippen molar-refractivity contribution >= 4 is 51.8 Å². The quantitative estimate of drug-likeness (QED) is 0.819. The molecule has 0 aliphatic carbocycles. The summed E-state index contributed by atoms with van der Waals surface area (Å²) < 4.78 is 5.30. The number of nitrogen functional groups attached to an aromatic ring is 1. The molecule has 106 valence electrons. The smallest absolute Gasteiger partial charge is 0.250 e. The Bertz CT molecular complexity index is 579. The summed E-state index contributed by atoms with van der Waals surface area (Å²) in [6.07, 6.45) is 0. The number of halogens is 2. The Morgan fingerprint density at radius 2 is 2.05 bits per heavy atom. The van der Waals surface area contributed by atoms with Crippen molar-refractivity contribution in [2.75, 3.05) is 17.7 Å². The number of carbonyl (C=O) groups excluding carboxylic acids is 1. The number of carbonyl (C=O) groups is 1. The molecule has 7 heteroatoms. The van der Waals surface area contributed by atoms with Gasteiger partial charge >= 0.3 is 0 Å². The van der Waals surface area contributed by atoms with Crippen LogP contribution in [0.1, 0.15) is 4.88 Å². The SMILES string of the molecule is Nc1cc(Cl)c(NC(=O)COCc2cccs2)c(Cl)c1. The van der Waals surface area contributed by atoms with E-state index in [1.807, 2.05) is 17.5 Å². The van der Waals surface area contributed by atoms with Crippen LogP contribution in [0.25, 0.3) is 0 Å². The van der Waals surface area contributed by atoms with Crippen LogP contribution in [0.4, 0.5) is 11.4 Å². The number of benzene rings is 1. The highest BCUT2D eigenvalue weighted by atomic mass is 35.5. The number of rotatable bonds is 5. The molecule has 1 aromatic heterocycles. The fraction of sp³-hybridized carbons (Fsp3) is 0.154. The van der Waals surface area contributed by atoms with Crippen molar-refractivity contribution < 1.29 is 9.53 Å². The molecule has 0 radical (unpaired) electrons. The van der Waals surface area contributed by atoms with Crippen molar-refractivity contribution in [1.82, 2.24) is 0 Å². The van der Waals surface area contributed by atoms with E-state index >= 15 is 0 Å². The predicted molar refractivity (Wildman–Crippen MR) is 83.5 cm³/mol. The molecule has 0 aliphatic heterocycles. The molecule has 4 nitrogen and oxygen atoms in total. The molecule has 3 N–H and O–H groups in total. The molecule has 0 aliphatic rings. The summed E-state index contributed by atoms with van der Waals surface area (Å²) in [7, 11) is 0. The number of amides is 1. The molecule has 2 rings (SSSR count). The van der Waals surface area contributed by atoms with Gasteiger partial charge in [-0.15, -0.1) is 11.3 Å². The average molecular weight is 331 g/mol. The first kappa shape index (κ1) is 15.1. The zero-order valence-electron chi connectivity index (χ0n) is 10.4. The van der Waals surface area contributed by atoms with E-state index in [-0.39, 0.29) is 12.5 Å². The van der Waals surface area contributed by atoms with Gasteiger partial charge in [0.15, 0.2) is 0 Å². The van der Waals surface area contributed by atoms with E-state index < -0.39 is 0 Å². The Balaban J connectivity index is 1.88. The first-order chi connectivity index (χ1) is 9.56. The van der Waals surface area contributed by atoms with Gasteiger partial charge in [-0.05, 0) is 23.6 Å². The highest BCUT2D eigenvalue weighted by molar-refractivity contribution is 7.09. The van der Waals surface area contributed by atoms with E-state index in [0.717, 1.165) is 4.88 Å². The molecule has 0 saturated carbocycles. The molecule has 0 fully saturated rings. The van der Waals surface area contributed by atoms with Crippen LogP contribution in [-0.4, -0.2) is 12.5 Å². The molecule has 0 unspecified atom stereocenters. The van der Waals surface area contributed by atoms with Crippen molar-refractivity contribution in [2.45, 2.75) is 6.61 Å². The van der Waals surface area contributed by atoms with Crippen molar-refractivity contribution in [3.63, 3.8) is 0 Å². The van der Waals surface area contributed by atoms with Crippen molar-refractivity contribution in [3.05, 3.63) is 44.6 Å². The lowest BCUT2D eigenvalue weighted by Gasteiger charge is -2.10. The molecule has 1 amide bonds. The number of ether oxygens (including phenoxy) is 1. The number of anilines is 2. The third-order valence-corrected chi connectivity index (χ3v) is 3.83. The highest BCUT2D eigenvalue weighted by Gasteiger charge is 2.11. The summed E-state index contributed by atoms with van der Waals surface area (Å²) in [5, 5.41) is 5.14. The first-order valence-electron chi connectivity index (χ1n) is 5.71. The van der Waals surface area contributed by atoms with Gasteiger partial charge in [-0.25, -0.2) is 0 Å². The molecule has 0 saturated heterocycles.